The summed E-state index contributed by atoms with van der Waals surface area (Å²) in [7, 11) is 0. The van der Waals surface area contributed by atoms with Crippen molar-refractivity contribution in [3.8, 4) is 5.75 Å². The van der Waals surface area contributed by atoms with Crippen LogP contribution in [0.2, 0.25) is 0 Å². The minimum atomic E-state index is -0.805. The number of amides is 2. The first-order chi connectivity index (χ1) is 13.0. The Morgan fingerprint density at radius 3 is 2.37 bits per heavy atom. The van der Waals surface area contributed by atoms with Crippen molar-refractivity contribution in [1.82, 2.24) is 15.1 Å². The normalized spacial score (nSPS) is 23.1. The molecule has 2 aliphatic rings. The Hall–Kier alpha value is -2.28. The Morgan fingerprint density at radius 1 is 1.19 bits per heavy atom. The molecule has 148 valence electrons. The van der Waals surface area contributed by atoms with Crippen LogP contribution in [0.1, 0.15) is 44.1 Å². The first-order valence-corrected chi connectivity index (χ1v) is 9.76. The van der Waals surface area contributed by atoms with Gasteiger partial charge in [0, 0.05) is 25.2 Å². The first-order valence-electron chi connectivity index (χ1n) is 9.76. The van der Waals surface area contributed by atoms with E-state index in [-0.39, 0.29) is 30.4 Å². The highest BCUT2D eigenvalue weighted by Gasteiger charge is 2.35. The topological polar surface area (TPSA) is 93.1 Å². The van der Waals surface area contributed by atoms with Gasteiger partial charge in [-0.1, -0.05) is 19.1 Å². The zero-order valence-corrected chi connectivity index (χ0v) is 15.8. The number of benzene rings is 1. The fraction of sp³-hybridized carbons (Fsp3) is 0.600. The highest BCUT2D eigenvalue weighted by Crippen LogP contribution is 2.30. The molecule has 27 heavy (non-hydrogen) atoms. The molecule has 0 aromatic heterocycles. The molecule has 1 aromatic rings. The number of phenols is 1. The van der Waals surface area contributed by atoms with E-state index in [0.29, 0.717) is 12.5 Å². The molecule has 2 fully saturated rings. The molecule has 0 bridgehead atoms. The summed E-state index contributed by atoms with van der Waals surface area (Å²) in [6.45, 7) is 4.20. The maximum absolute atomic E-state index is 12.5. The summed E-state index contributed by atoms with van der Waals surface area (Å²) < 4.78 is 0. The standard InChI is InChI=1S/C20H29N3O4/c1-2-22(13-19(25)26)17-11-16(12-17)21-20(27)23-9-7-15(8-10-23)14-3-5-18(24)6-4-14/h3-6,15-17,24H,2,7-13H2,1H3,(H,21,27)(H,25,26). The number of carboxylic acids is 1. The summed E-state index contributed by atoms with van der Waals surface area (Å²) >= 11 is 0. The monoisotopic (exact) mass is 375 g/mol. The van der Waals surface area contributed by atoms with E-state index in [1.165, 1.54) is 5.56 Å². The summed E-state index contributed by atoms with van der Waals surface area (Å²) in [6, 6.07) is 7.72. The van der Waals surface area contributed by atoms with Crippen LogP contribution in [0.3, 0.4) is 0 Å². The van der Waals surface area contributed by atoms with Gasteiger partial charge in [-0.25, -0.2) is 4.79 Å². The Balaban J connectivity index is 1.40. The van der Waals surface area contributed by atoms with Gasteiger partial charge in [-0.15, -0.1) is 0 Å². The third-order valence-corrected chi connectivity index (χ3v) is 5.85. The average molecular weight is 375 g/mol. The molecule has 1 saturated heterocycles. The zero-order chi connectivity index (χ0) is 19.4. The van der Waals surface area contributed by atoms with Crippen molar-refractivity contribution < 1.29 is 19.8 Å². The van der Waals surface area contributed by atoms with E-state index in [1.54, 1.807) is 12.1 Å². The van der Waals surface area contributed by atoms with Crippen molar-refractivity contribution in [2.45, 2.75) is 50.6 Å². The number of aliphatic carboxylic acids is 1. The van der Waals surface area contributed by atoms with Gasteiger partial charge in [0.15, 0.2) is 0 Å². The number of carbonyl (C=O) groups is 2. The number of carboxylic acid groups (broad SMARTS) is 1. The summed E-state index contributed by atoms with van der Waals surface area (Å²) in [5.74, 6) is -0.0999. The third kappa shape index (κ3) is 4.91. The van der Waals surface area contributed by atoms with Gasteiger partial charge in [0.2, 0.25) is 0 Å². The Kier molecular flexibility index (Phi) is 6.21. The van der Waals surface area contributed by atoms with Crippen molar-refractivity contribution in [3.63, 3.8) is 0 Å². The number of rotatable bonds is 6. The van der Waals surface area contributed by atoms with E-state index < -0.39 is 5.97 Å². The molecule has 1 aromatic carbocycles. The average Bonchev–Trinajstić information content (AvgIpc) is 2.63. The van der Waals surface area contributed by atoms with E-state index in [2.05, 4.69) is 5.32 Å². The van der Waals surface area contributed by atoms with Crippen molar-refractivity contribution in [2.24, 2.45) is 0 Å². The summed E-state index contributed by atoms with van der Waals surface area (Å²) in [4.78, 5) is 27.2. The summed E-state index contributed by atoms with van der Waals surface area (Å²) in [6.07, 6.45) is 3.48. The largest absolute Gasteiger partial charge is 0.508 e. The fourth-order valence-corrected chi connectivity index (χ4v) is 4.10. The predicted molar refractivity (Wildman–Crippen MR) is 102 cm³/mol. The van der Waals surface area contributed by atoms with Crippen molar-refractivity contribution in [3.05, 3.63) is 29.8 Å². The maximum Gasteiger partial charge on any atom is 0.317 e. The van der Waals surface area contributed by atoms with Crippen molar-refractivity contribution in [1.29, 1.82) is 0 Å². The molecule has 7 heteroatoms. The lowest BCUT2D eigenvalue weighted by Crippen LogP contribution is -2.57. The van der Waals surface area contributed by atoms with Crippen LogP contribution in [0, 0.1) is 0 Å². The molecule has 0 spiro atoms. The fourth-order valence-electron chi connectivity index (χ4n) is 4.10. The smallest absolute Gasteiger partial charge is 0.317 e. The highest BCUT2D eigenvalue weighted by atomic mass is 16.4. The van der Waals surface area contributed by atoms with Gasteiger partial charge in [0.1, 0.15) is 5.75 Å². The number of piperidine rings is 1. The molecule has 1 aliphatic carbocycles. The minimum Gasteiger partial charge on any atom is -0.508 e. The van der Waals surface area contributed by atoms with Gasteiger partial charge in [0.25, 0.3) is 0 Å². The molecule has 0 atom stereocenters. The molecule has 1 saturated carbocycles. The van der Waals surface area contributed by atoms with Crippen molar-refractivity contribution in [2.75, 3.05) is 26.2 Å². The van der Waals surface area contributed by atoms with Crippen LogP contribution in [0.15, 0.2) is 24.3 Å². The van der Waals surface area contributed by atoms with Crippen LogP contribution in [0.4, 0.5) is 4.79 Å². The maximum atomic E-state index is 12.5. The quantitative estimate of drug-likeness (QED) is 0.709. The molecule has 0 radical (unpaired) electrons. The van der Waals surface area contributed by atoms with Gasteiger partial charge < -0.3 is 20.4 Å². The predicted octanol–water partition coefficient (Wildman–Crippen LogP) is 2.22. The second kappa shape index (κ2) is 8.61. The van der Waals surface area contributed by atoms with E-state index in [9.17, 15) is 14.7 Å². The Labute approximate surface area is 160 Å². The number of phenolic OH excluding ortho intramolecular Hbond substituents is 1. The van der Waals surface area contributed by atoms with Crippen LogP contribution < -0.4 is 5.32 Å². The number of urea groups is 1. The van der Waals surface area contributed by atoms with Crippen LogP contribution in [-0.4, -0.2) is 70.3 Å². The molecule has 1 aliphatic heterocycles. The number of nitrogens with one attached hydrogen (secondary N) is 1. The molecule has 0 unspecified atom stereocenters. The first kappa shape index (κ1) is 19.5. The second-order valence-electron chi connectivity index (χ2n) is 7.58. The number of hydrogen-bond acceptors (Lipinski definition) is 4. The summed E-state index contributed by atoms with van der Waals surface area (Å²) in [5, 5.41) is 21.4. The van der Waals surface area contributed by atoms with Crippen LogP contribution in [0.5, 0.6) is 5.75 Å². The van der Waals surface area contributed by atoms with Crippen LogP contribution in [-0.2, 0) is 4.79 Å². The Bertz CT molecular complexity index is 650. The van der Waals surface area contributed by atoms with Crippen LogP contribution >= 0.6 is 0 Å². The summed E-state index contributed by atoms with van der Waals surface area (Å²) in [5.41, 5.74) is 1.22. The van der Waals surface area contributed by atoms with E-state index in [4.69, 9.17) is 5.11 Å². The van der Waals surface area contributed by atoms with Crippen LogP contribution in [0.25, 0.3) is 0 Å². The molecule has 3 N–H and O–H groups in total. The SMILES string of the molecule is CCN(CC(=O)O)C1CC(NC(=O)N2CCC(c3ccc(O)cc3)CC2)C1. The van der Waals surface area contributed by atoms with E-state index in [0.717, 1.165) is 38.8 Å². The number of nitrogens with zero attached hydrogens (tertiary/aromatic N) is 2. The minimum absolute atomic E-state index is 0.0103. The lowest BCUT2D eigenvalue weighted by Gasteiger charge is -2.43. The number of aromatic hydroxyl groups is 1. The molecular weight excluding hydrogens is 346 g/mol. The van der Waals surface area contributed by atoms with Gasteiger partial charge >= 0.3 is 12.0 Å². The van der Waals surface area contributed by atoms with Gasteiger partial charge in [-0.05, 0) is 55.8 Å². The lowest BCUT2D eigenvalue weighted by molar-refractivity contribution is -0.139. The molecule has 3 rings (SSSR count). The molecule has 2 amide bonds. The molecule has 7 nitrogen and oxygen atoms in total. The number of likely N-dealkylation sites (tertiary alicyclic amines) is 1. The Morgan fingerprint density at radius 2 is 1.81 bits per heavy atom. The molecular formula is C20H29N3O4. The van der Waals surface area contributed by atoms with Gasteiger partial charge in [-0.2, -0.15) is 0 Å². The highest BCUT2D eigenvalue weighted by molar-refractivity contribution is 5.74. The number of carbonyl (C=O) groups excluding carboxylic acids is 1. The second-order valence-corrected chi connectivity index (χ2v) is 7.58. The van der Waals surface area contributed by atoms with Gasteiger partial charge in [-0.3, -0.25) is 9.69 Å². The third-order valence-electron chi connectivity index (χ3n) is 5.85. The zero-order valence-electron chi connectivity index (χ0n) is 15.8. The number of hydrogen-bond donors (Lipinski definition) is 3. The lowest BCUT2D eigenvalue weighted by atomic mass is 9.85. The number of likely N-dealkylation sites (N-methyl/N-ethyl adjacent to an activating group) is 1. The van der Waals surface area contributed by atoms with E-state index in [1.807, 2.05) is 28.9 Å². The van der Waals surface area contributed by atoms with Crippen molar-refractivity contribution >= 4 is 12.0 Å². The van der Waals surface area contributed by atoms with Gasteiger partial charge in [0.05, 0.1) is 6.54 Å². The molecule has 1 heterocycles. The van der Waals surface area contributed by atoms with E-state index >= 15 is 0 Å².